The average molecular weight is 733 g/mol. The van der Waals surface area contributed by atoms with Crippen molar-refractivity contribution in [2.75, 3.05) is 0 Å². The Morgan fingerprint density at radius 3 is 1.96 bits per heavy atom. The number of hydrogen-bond acceptors (Lipinski definition) is 4. The Bertz CT molecular complexity index is 3110. The number of aliphatic imine (C=N–C) groups is 2. The van der Waals surface area contributed by atoms with Crippen LogP contribution >= 0.6 is 0 Å². The maximum atomic E-state index is 6.56. The van der Waals surface area contributed by atoms with E-state index in [1.807, 2.05) is 18.2 Å². The molecule has 0 amide bonds. The summed E-state index contributed by atoms with van der Waals surface area (Å²) in [5.74, 6) is 1.43. The zero-order valence-electron chi connectivity index (χ0n) is 31.0. The third-order valence-corrected chi connectivity index (χ3v) is 11.1. The average Bonchev–Trinajstić information content (AvgIpc) is 3.71. The second-order valence-corrected chi connectivity index (χ2v) is 14.5. The number of para-hydroxylation sites is 2. The van der Waals surface area contributed by atoms with Crippen LogP contribution in [0.5, 0.6) is 0 Å². The van der Waals surface area contributed by atoms with Crippen LogP contribution in [0.3, 0.4) is 0 Å². The Morgan fingerprint density at radius 2 is 1.21 bits per heavy atom. The molecule has 0 saturated heterocycles. The van der Waals surface area contributed by atoms with Gasteiger partial charge < -0.3 is 14.3 Å². The van der Waals surface area contributed by atoms with Gasteiger partial charge in [-0.25, -0.2) is 9.98 Å². The van der Waals surface area contributed by atoms with Crippen LogP contribution in [0.4, 0.5) is 0 Å². The van der Waals surface area contributed by atoms with Gasteiger partial charge in [0, 0.05) is 38.4 Å². The van der Waals surface area contributed by atoms with E-state index in [9.17, 15) is 0 Å². The highest BCUT2D eigenvalue weighted by Gasteiger charge is 2.25. The van der Waals surface area contributed by atoms with Crippen molar-refractivity contribution >= 4 is 61.0 Å². The quantitative estimate of drug-likeness (QED) is 0.185. The molecule has 3 heterocycles. The molecule has 5 heteroatoms. The van der Waals surface area contributed by atoms with E-state index in [1.165, 1.54) is 38.5 Å². The summed E-state index contributed by atoms with van der Waals surface area (Å²) in [4.78, 5) is 10.6. The van der Waals surface area contributed by atoms with Crippen LogP contribution in [0.15, 0.2) is 214 Å². The molecule has 0 saturated carbocycles. The molecule has 270 valence electrons. The lowest BCUT2D eigenvalue weighted by Gasteiger charge is -2.24. The van der Waals surface area contributed by atoms with Crippen molar-refractivity contribution in [2.24, 2.45) is 9.98 Å². The van der Waals surface area contributed by atoms with Crippen molar-refractivity contribution in [3.8, 4) is 16.8 Å². The number of fused-ring (bicyclic) bond motifs is 6. The van der Waals surface area contributed by atoms with Gasteiger partial charge in [-0.1, -0.05) is 158 Å². The Balaban J connectivity index is 1.04. The van der Waals surface area contributed by atoms with Gasteiger partial charge in [0.05, 0.1) is 11.0 Å². The summed E-state index contributed by atoms with van der Waals surface area (Å²) >= 11 is 0. The second-order valence-electron chi connectivity index (χ2n) is 14.5. The van der Waals surface area contributed by atoms with Crippen LogP contribution in [0, 0.1) is 0 Å². The number of furan rings is 1. The number of hydrogen-bond donors (Lipinski definition) is 1. The lowest BCUT2D eigenvalue weighted by Crippen LogP contribution is -2.40. The minimum absolute atomic E-state index is 0.359. The Labute approximate surface area is 330 Å². The van der Waals surface area contributed by atoms with E-state index in [1.54, 1.807) is 0 Å². The molecule has 0 bridgehead atoms. The highest BCUT2D eigenvalue weighted by Crippen LogP contribution is 2.37. The van der Waals surface area contributed by atoms with E-state index in [4.69, 9.17) is 14.4 Å². The van der Waals surface area contributed by atoms with Crippen LogP contribution in [-0.2, 0) is 0 Å². The van der Waals surface area contributed by atoms with Gasteiger partial charge in [-0.05, 0) is 70.7 Å². The van der Waals surface area contributed by atoms with Crippen LogP contribution in [0.2, 0.25) is 0 Å². The molecular weight excluding hydrogens is 697 g/mol. The number of nitrogens with one attached hydrogen (secondary N) is 1. The topological polar surface area (TPSA) is 54.8 Å². The van der Waals surface area contributed by atoms with E-state index < -0.39 is 0 Å². The van der Waals surface area contributed by atoms with Gasteiger partial charge in [0.25, 0.3) is 0 Å². The Kier molecular flexibility index (Phi) is 7.88. The molecule has 1 unspecified atom stereocenters. The van der Waals surface area contributed by atoms with Crippen molar-refractivity contribution in [3.63, 3.8) is 0 Å². The van der Waals surface area contributed by atoms with Gasteiger partial charge >= 0.3 is 0 Å². The van der Waals surface area contributed by atoms with Crippen LogP contribution in [-0.4, -0.2) is 22.4 Å². The number of benzene rings is 7. The number of rotatable bonds is 6. The SMILES string of the molecule is C1=CC(C2N=C(c3ccc(-c4ccccc4)cc3)N=C(c3cccc4oc5ccc(-n6c7ccccc7c7ccccc76)cc5c34)N2)=CCC=C1c1ccccc1. The van der Waals surface area contributed by atoms with Crippen LogP contribution < -0.4 is 5.32 Å². The first-order valence-electron chi connectivity index (χ1n) is 19.4. The summed E-state index contributed by atoms with van der Waals surface area (Å²) < 4.78 is 8.91. The van der Waals surface area contributed by atoms with Gasteiger partial charge in [0.15, 0.2) is 5.84 Å². The van der Waals surface area contributed by atoms with Crippen molar-refractivity contribution in [1.82, 2.24) is 9.88 Å². The molecule has 0 fully saturated rings. The molecule has 1 N–H and O–H groups in total. The first kappa shape index (κ1) is 32.9. The molecule has 0 spiro atoms. The first-order valence-corrected chi connectivity index (χ1v) is 19.4. The zero-order chi connectivity index (χ0) is 37.7. The number of aromatic nitrogens is 1. The van der Waals surface area contributed by atoms with Crippen molar-refractivity contribution in [1.29, 1.82) is 0 Å². The summed E-state index contributed by atoms with van der Waals surface area (Å²) in [5, 5.41) is 8.27. The maximum Gasteiger partial charge on any atom is 0.159 e. The van der Waals surface area contributed by atoms with Crippen molar-refractivity contribution < 1.29 is 4.42 Å². The molecule has 0 radical (unpaired) electrons. The standard InChI is InChI=1S/C52H36N4O/c1-3-13-34(14-4-1)36-17-11-18-38(28-25-36)50-53-51(39-29-26-37(27-30-39)35-15-5-2-6-16-35)55-52(54-50)43-21-12-24-48-49(43)44-33-40(31-32-47(44)57-48)56-45-22-9-7-19-41(45)42-20-8-10-23-46(42)56/h1-10,12-33,50H,11H2,(H,53,54,55). The molecule has 7 aromatic carbocycles. The van der Waals surface area contributed by atoms with Gasteiger partial charge in [-0.15, -0.1) is 0 Å². The van der Waals surface area contributed by atoms with E-state index in [0.717, 1.165) is 62.1 Å². The third kappa shape index (κ3) is 5.80. The van der Waals surface area contributed by atoms with E-state index in [2.05, 4.69) is 186 Å². The van der Waals surface area contributed by atoms with Gasteiger partial charge in [0.2, 0.25) is 0 Å². The predicted molar refractivity (Wildman–Crippen MR) is 236 cm³/mol. The monoisotopic (exact) mass is 732 g/mol. The number of allylic oxidation sites excluding steroid dienone is 4. The van der Waals surface area contributed by atoms with E-state index in [-0.39, 0.29) is 6.17 Å². The lowest BCUT2D eigenvalue weighted by molar-refractivity contribution is 0.668. The molecule has 11 rings (SSSR count). The van der Waals surface area contributed by atoms with Gasteiger partial charge in [-0.3, -0.25) is 0 Å². The second kappa shape index (κ2) is 13.7. The predicted octanol–water partition coefficient (Wildman–Crippen LogP) is 12.4. The summed E-state index contributed by atoms with van der Waals surface area (Å²) in [5.41, 5.74) is 12.8. The smallest absolute Gasteiger partial charge is 0.159 e. The molecular formula is C52H36N4O. The van der Waals surface area contributed by atoms with Crippen molar-refractivity contribution in [2.45, 2.75) is 12.6 Å². The Hall–Kier alpha value is -7.50. The van der Waals surface area contributed by atoms with Crippen molar-refractivity contribution in [3.05, 3.63) is 216 Å². The molecule has 1 aliphatic carbocycles. The lowest BCUT2D eigenvalue weighted by atomic mass is 10.0. The Morgan fingerprint density at radius 1 is 0.544 bits per heavy atom. The normalized spacial score (nSPS) is 15.6. The van der Waals surface area contributed by atoms with E-state index in [0.29, 0.717) is 5.84 Å². The molecule has 9 aromatic rings. The zero-order valence-corrected chi connectivity index (χ0v) is 31.0. The molecule has 1 aliphatic heterocycles. The summed E-state index contributed by atoms with van der Waals surface area (Å²) in [6.45, 7) is 0. The summed E-state index contributed by atoms with van der Waals surface area (Å²) in [7, 11) is 0. The largest absolute Gasteiger partial charge is 0.456 e. The number of nitrogens with zero attached hydrogens (tertiary/aromatic N) is 3. The van der Waals surface area contributed by atoms with Gasteiger partial charge in [-0.2, -0.15) is 0 Å². The molecule has 1 atom stereocenters. The van der Waals surface area contributed by atoms with Crippen LogP contribution in [0.1, 0.15) is 23.1 Å². The van der Waals surface area contributed by atoms with Crippen LogP contribution in [0.25, 0.3) is 66.1 Å². The minimum Gasteiger partial charge on any atom is -0.456 e. The molecule has 2 aliphatic rings. The highest BCUT2D eigenvalue weighted by atomic mass is 16.3. The maximum absolute atomic E-state index is 6.56. The fraction of sp³-hybridized carbons (Fsp3) is 0.0385. The summed E-state index contributed by atoms with van der Waals surface area (Å²) in [6, 6.07) is 59.5. The fourth-order valence-corrected chi connectivity index (χ4v) is 8.37. The number of amidine groups is 2. The first-order chi connectivity index (χ1) is 28.2. The van der Waals surface area contributed by atoms with E-state index >= 15 is 0 Å². The molecule has 5 nitrogen and oxygen atoms in total. The third-order valence-electron chi connectivity index (χ3n) is 11.1. The fourth-order valence-electron chi connectivity index (χ4n) is 8.37. The highest BCUT2D eigenvalue weighted by molar-refractivity contribution is 6.22. The summed E-state index contributed by atoms with van der Waals surface area (Å²) in [6.07, 6.45) is 9.36. The molecule has 57 heavy (non-hydrogen) atoms. The minimum atomic E-state index is -0.359. The van der Waals surface area contributed by atoms with Gasteiger partial charge in [0.1, 0.15) is 23.2 Å². The molecule has 2 aromatic heterocycles.